The molecule has 5 heteroatoms. The number of nitrogens with zero attached hydrogens (tertiary/aromatic N) is 1. The Kier molecular flexibility index (Phi) is 4.97. The largest absolute Gasteiger partial charge is 0.494 e. The van der Waals surface area contributed by atoms with Crippen LogP contribution in [0.4, 0.5) is 5.69 Å². The van der Waals surface area contributed by atoms with Crippen LogP contribution in [0, 0.1) is 0 Å². The summed E-state index contributed by atoms with van der Waals surface area (Å²) in [6, 6.07) is 5.12. The van der Waals surface area contributed by atoms with Crippen LogP contribution in [0.3, 0.4) is 0 Å². The summed E-state index contributed by atoms with van der Waals surface area (Å²) in [5.74, 6) is 0.280. The van der Waals surface area contributed by atoms with Gasteiger partial charge in [-0.2, -0.15) is 0 Å². The van der Waals surface area contributed by atoms with Crippen LogP contribution >= 0.6 is 0 Å². The summed E-state index contributed by atoms with van der Waals surface area (Å²) in [4.78, 5) is 13.9. The average Bonchev–Trinajstić information content (AvgIpc) is 2.37. The molecular weight excluding hydrogens is 232 g/mol. The van der Waals surface area contributed by atoms with Gasteiger partial charge >= 0.3 is 0 Å². The molecule has 0 bridgehead atoms. The minimum absolute atomic E-state index is 0.0198. The number of nitrogen functional groups attached to an aromatic ring is 1. The van der Waals surface area contributed by atoms with Crippen LogP contribution < -0.4 is 10.5 Å². The van der Waals surface area contributed by atoms with Crippen molar-refractivity contribution in [2.75, 3.05) is 33.6 Å². The van der Waals surface area contributed by atoms with Crippen molar-refractivity contribution in [2.45, 2.75) is 13.0 Å². The van der Waals surface area contributed by atoms with Gasteiger partial charge in [0.05, 0.1) is 31.0 Å². The molecule has 0 saturated heterocycles. The zero-order valence-electron chi connectivity index (χ0n) is 11.3. The number of ether oxygens (including phenoxy) is 2. The van der Waals surface area contributed by atoms with Crippen LogP contribution in [-0.2, 0) is 4.74 Å². The Morgan fingerprint density at radius 2 is 2.11 bits per heavy atom. The van der Waals surface area contributed by atoms with E-state index < -0.39 is 0 Å². The molecule has 0 aliphatic carbocycles. The second-order valence-corrected chi connectivity index (χ2v) is 4.15. The summed E-state index contributed by atoms with van der Waals surface area (Å²) < 4.78 is 10.2. The van der Waals surface area contributed by atoms with E-state index in [1.54, 1.807) is 37.3 Å². The predicted octanol–water partition coefficient (Wildman–Crippen LogP) is 1.38. The molecule has 0 aromatic heterocycles. The number of amides is 1. The third-order valence-corrected chi connectivity index (χ3v) is 2.87. The molecule has 5 nitrogen and oxygen atoms in total. The average molecular weight is 252 g/mol. The van der Waals surface area contributed by atoms with E-state index in [1.165, 1.54) is 7.11 Å². The zero-order valence-corrected chi connectivity index (χ0v) is 11.3. The molecule has 2 N–H and O–H groups in total. The van der Waals surface area contributed by atoms with Gasteiger partial charge in [0.2, 0.25) is 0 Å². The standard InChI is InChI=1S/C13H20N2O3/c1-9(8-17-3)15(2)13(16)10-6-5-7-11(14)12(10)18-4/h5-7,9H,8,14H2,1-4H3. The van der Waals surface area contributed by atoms with Gasteiger partial charge in [0.25, 0.3) is 5.91 Å². The first-order valence-electron chi connectivity index (χ1n) is 5.71. The number of carbonyl (C=O) groups excluding carboxylic acids is 1. The lowest BCUT2D eigenvalue weighted by molar-refractivity contribution is 0.0630. The van der Waals surface area contributed by atoms with E-state index in [0.717, 1.165) is 0 Å². The molecule has 1 aromatic rings. The first-order valence-corrected chi connectivity index (χ1v) is 5.71. The number of rotatable bonds is 5. The number of likely N-dealkylation sites (N-methyl/N-ethyl adjacent to an activating group) is 1. The fraction of sp³-hybridized carbons (Fsp3) is 0.462. The van der Waals surface area contributed by atoms with E-state index in [2.05, 4.69) is 0 Å². The molecule has 1 amide bonds. The molecule has 0 fully saturated rings. The van der Waals surface area contributed by atoms with Crippen molar-refractivity contribution in [3.63, 3.8) is 0 Å². The lowest BCUT2D eigenvalue weighted by atomic mass is 10.1. The minimum Gasteiger partial charge on any atom is -0.494 e. The molecule has 1 rings (SSSR count). The minimum atomic E-state index is -0.135. The molecule has 100 valence electrons. The molecule has 0 heterocycles. The molecule has 0 radical (unpaired) electrons. The van der Waals surface area contributed by atoms with Crippen molar-refractivity contribution in [3.8, 4) is 5.75 Å². The third-order valence-electron chi connectivity index (χ3n) is 2.87. The highest BCUT2D eigenvalue weighted by molar-refractivity contribution is 5.98. The molecule has 0 aliphatic heterocycles. The van der Waals surface area contributed by atoms with E-state index in [4.69, 9.17) is 15.2 Å². The highest BCUT2D eigenvalue weighted by Gasteiger charge is 2.21. The first kappa shape index (κ1) is 14.3. The van der Waals surface area contributed by atoms with Gasteiger partial charge in [-0.05, 0) is 19.1 Å². The van der Waals surface area contributed by atoms with E-state index in [9.17, 15) is 4.79 Å². The van der Waals surface area contributed by atoms with Crippen LogP contribution in [0.25, 0.3) is 0 Å². The number of anilines is 1. The van der Waals surface area contributed by atoms with E-state index in [1.807, 2.05) is 6.92 Å². The van der Waals surface area contributed by atoms with Crippen LogP contribution in [0.2, 0.25) is 0 Å². The van der Waals surface area contributed by atoms with Gasteiger partial charge in [0.15, 0.2) is 5.75 Å². The van der Waals surface area contributed by atoms with Gasteiger partial charge in [0, 0.05) is 14.2 Å². The molecule has 0 saturated carbocycles. The monoisotopic (exact) mass is 252 g/mol. The highest BCUT2D eigenvalue weighted by atomic mass is 16.5. The summed E-state index contributed by atoms with van der Waals surface area (Å²) in [5, 5.41) is 0. The molecule has 0 spiro atoms. The Morgan fingerprint density at radius 3 is 2.67 bits per heavy atom. The fourth-order valence-electron chi connectivity index (χ4n) is 1.69. The maximum Gasteiger partial charge on any atom is 0.257 e. The molecular formula is C13H20N2O3. The summed E-state index contributed by atoms with van der Waals surface area (Å²) in [6.07, 6.45) is 0. The molecule has 18 heavy (non-hydrogen) atoms. The molecule has 1 atom stereocenters. The Balaban J connectivity index is 3.00. The Hall–Kier alpha value is -1.75. The molecule has 0 aliphatic rings. The maximum atomic E-state index is 12.3. The number of hydrogen-bond donors (Lipinski definition) is 1. The van der Waals surface area contributed by atoms with Gasteiger partial charge in [-0.25, -0.2) is 0 Å². The number of methoxy groups -OCH3 is 2. The van der Waals surface area contributed by atoms with Crippen molar-refractivity contribution in [3.05, 3.63) is 23.8 Å². The third kappa shape index (κ3) is 2.92. The number of nitrogens with two attached hydrogens (primary N) is 1. The Morgan fingerprint density at radius 1 is 1.44 bits per heavy atom. The lowest BCUT2D eigenvalue weighted by Crippen LogP contribution is -2.38. The van der Waals surface area contributed by atoms with Crippen LogP contribution in [0.5, 0.6) is 5.75 Å². The summed E-state index contributed by atoms with van der Waals surface area (Å²) in [5.41, 5.74) is 6.70. The van der Waals surface area contributed by atoms with Crippen LogP contribution in [0.15, 0.2) is 18.2 Å². The Bertz CT molecular complexity index is 421. The highest BCUT2D eigenvalue weighted by Crippen LogP contribution is 2.27. The maximum absolute atomic E-state index is 12.3. The zero-order chi connectivity index (χ0) is 13.7. The summed E-state index contributed by atoms with van der Waals surface area (Å²) in [6.45, 7) is 2.40. The van der Waals surface area contributed by atoms with E-state index >= 15 is 0 Å². The van der Waals surface area contributed by atoms with Gasteiger partial charge in [-0.1, -0.05) is 6.07 Å². The number of para-hydroxylation sites is 1. The van der Waals surface area contributed by atoms with Gasteiger partial charge in [0.1, 0.15) is 0 Å². The first-order chi connectivity index (χ1) is 8.52. The van der Waals surface area contributed by atoms with Crippen molar-refractivity contribution in [1.29, 1.82) is 0 Å². The van der Waals surface area contributed by atoms with Crippen LogP contribution in [-0.4, -0.2) is 44.7 Å². The lowest BCUT2D eigenvalue weighted by Gasteiger charge is -2.25. The number of benzene rings is 1. The SMILES string of the molecule is COCC(C)N(C)C(=O)c1cccc(N)c1OC. The predicted molar refractivity (Wildman–Crippen MR) is 70.8 cm³/mol. The topological polar surface area (TPSA) is 64.8 Å². The summed E-state index contributed by atoms with van der Waals surface area (Å²) in [7, 11) is 4.84. The van der Waals surface area contributed by atoms with Crippen molar-refractivity contribution >= 4 is 11.6 Å². The second kappa shape index (κ2) is 6.26. The van der Waals surface area contributed by atoms with Gasteiger partial charge in [-0.15, -0.1) is 0 Å². The summed E-state index contributed by atoms with van der Waals surface area (Å²) >= 11 is 0. The van der Waals surface area contributed by atoms with Gasteiger partial charge < -0.3 is 20.1 Å². The molecule has 1 unspecified atom stereocenters. The van der Waals surface area contributed by atoms with E-state index in [-0.39, 0.29) is 11.9 Å². The van der Waals surface area contributed by atoms with E-state index in [0.29, 0.717) is 23.6 Å². The smallest absolute Gasteiger partial charge is 0.257 e. The Labute approximate surface area is 107 Å². The van der Waals surface area contributed by atoms with Crippen molar-refractivity contribution < 1.29 is 14.3 Å². The van der Waals surface area contributed by atoms with Gasteiger partial charge in [-0.3, -0.25) is 4.79 Å². The number of carbonyl (C=O) groups is 1. The normalized spacial score (nSPS) is 12.0. The quantitative estimate of drug-likeness (QED) is 0.804. The fourth-order valence-corrected chi connectivity index (χ4v) is 1.69. The number of hydrogen-bond acceptors (Lipinski definition) is 4. The van der Waals surface area contributed by atoms with Crippen molar-refractivity contribution in [1.82, 2.24) is 4.90 Å². The van der Waals surface area contributed by atoms with Crippen molar-refractivity contribution in [2.24, 2.45) is 0 Å². The second-order valence-electron chi connectivity index (χ2n) is 4.15. The molecule has 1 aromatic carbocycles. The van der Waals surface area contributed by atoms with Crippen LogP contribution in [0.1, 0.15) is 17.3 Å².